The highest BCUT2D eigenvalue weighted by Gasteiger charge is 2.08. The third kappa shape index (κ3) is 3.60. The standard InChI is InChI=1S/C9H9Cl2N3O2/c1-12-8(15)14-9(16)13-7-4-5(10)2-3-6(7)11/h2-4H,1H3,(H3,12,13,14,15,16). The van der Waals surface area contributed by atoms with Gasteiger partial charge in [0, 0.05) is 12.1 Å². The molecule has 0 radical (unpaired) electrons. The fourth-order valence-corrected chi connectivity index (χ4v) is 1.25. The van der Waals surface area contributed by atoms with Crippen molar-refractivity contribution in [2.45, 2.75) is 0 Å². The Morgan fingerprint density at radius 2 is 1.88 bits per heavy atom. The van der Waals surface area contributed by atoms with Gasteiger partial charge < -0.3 is 10.6 Å². The molecule has 7 heteroatoms. The van der Waals surface area contributed by atoms with Crippen LogP contribution in [0.1, 0.15) is 0 Å². The summed E-state index contributed by atoms with van der Waals surface area (Å²) in [6, 6.07) is 3.30. The predicted octanol–water partition coefficient (Wildman–Crippen LogP) is 2.45. The summed E-state index contributed by atoms with van der Waals surface area (Å²) in [5.74, 6) is 0. The van der Waals surface area contributed by atoms with E-state index in [0.29, 0.717) is 15.7 Å². The maximum atomic E-state index is 11.3. The molecule has 0 saturated carbocycles. The number of carbonyl (C=O) groups is 2. The van der Waals surface area contributed by atoms with Crippen LogP contribution in [0.2, 0.25) is 10.0 Å². The molecule has 1 aromatic carbocycles. The van der Waals surface area contributed by atoms with Crippen LogP contribution in [0.4, 0.5) is 15.3 Å². The quantitative estimate of drug-likeness (QED) is 0.727. The second-order valence-corrected chi connectivity index (χ2v) is 3.63. The van der Waals surface area contributed by atoms with Crippen LogP contribution in [0.3, 0.4) is 0 Å². The number of urea groups is 2. The first kappa shape index (κ1) is 12.6. The maximum Gasteiger partial charge on any atom is 0.327 e. The molecule has 0 saturated heterocycles. The van der Waals surface area contributed by atoms with Crippen molar-refractivity contribution in [3.05, 3.63) is 28.2 Å². The third-order valence-electron chi connectivity index (χ3n) is 1.63. The van der Waals surface area contributed by atoms with E-state index in [1.165, 1.54) is 13.1 Å². The summed E-state index contributed by atoms with van der Waals surface area (Å²) >= 11 is 11.5. The molecule has 0 heterocycles. The number of carbonyl (C=O) groups excluding carboxylic acids is 2. The molecule has 0 bridgehead atoms. The van der Waals surface area contributed by atoms with E-state index in [9.17, 15) is 9.59 Å². The molecule has 0 aliphatic heterocycles. The molecule has 0 atom stereocenters. The van der Waals surface area contributed by atoms with Gasteiger partial charge in [-0.2, -0.15) is 0 Å². The lowest BCUT2D eigenvalue weighted by atomic mass is 10.3. The largest absolute Gasteiger partial charge is 0.341 e. The first-order valence-electron chi connectivity index (χ1n) is 4.27. The highest BCUT2D eigenvalue weighted by Crippen LogP contribution is 2.25. The number of imide groups is 1. The highest BCUT2D eigenvalue weighted by atomic mass is 35.5. The van der Waals surface area contributed by atoms with Crippen molar-refractivity contribution < 1.29 is 9.59 Å². The summed E-state index contributed by atoms with van der Waals surface area (Å²) in [5.41, 5.74) is 0.329. The Kier molecular flexibility index (Phi) is 4.39. The smallest absolute Gasteiger partial charge is 0.327 e. The molecule has 0 aromatic heterocycles. The number of amides is 4. The number of hydrogen-bond donors (Lipinski definition) is 3. The minimum absolute atomic E-state index is 0.329. The fraction of sp³-hybridized carbons (Fsp3) is 0.111. The van der Waals surface area contributed by atoms with Gasteiger partial charge in [0.1, 0.15) is 0 Å². The lowest BCUT2D eigenvalue weighted by molar-refractivity contribution is 0.234. The van der Waals surface area contributed by atoms with Crippen LogP contribution in [0.5, 0.6) is 0 Å². The van der Waals surface area contributed by atoms with Crippen LogP contribution < -0.4 is 16.0 Å². The molecule has 0 aliphatic carbocycles. The van der Waals surface area contributed by atoms with Gasteiger partial charge in [0.2, 0.25) is 0 Å². The minimum atomic E-state index is -0.691. The number of rotatable bonds is 1. The Hall–Kier alpha value is -1.46. The average Bonchev–Trinajstić information content (AvgIpc) is 2.23. The molecular formula is C9H9Cl2N3O2. The second-order valence-electron chi connectivity index (χ2n) is 2.78. The normalized spacial score (nSPS) is 9.44. The highest BCUT2D eigenvalue weighted by molar-refractivity contribution is 6.35. The van der Waals surface area contributed by atoms with Gasteiger partial charge in [-0.1, -0.05) is 23.2 Å². The zero-order valence-electron chi connectivity index (χ0n) is 8.30. The van der Waals surface area contributed by atoms with Crippen LogP contribution in [-0.4, -0.2) is 19.1 Å². The van der Waals surface area contributed by atoms with Crippen LogP contribution in [-0.2, 0) is 0 Å². The van der Waals surface area contributed by atoms with Crippen LogP contribution in [0.15, 0.2) is 18.2 Å². The van der Waals surface area contributed by atoms with Crippen molar-refractivity contribution in [1.29, 1.82) is 0 Å². The van der Waals surface area contributed by atoms with Gasteiger partial charge in [0.25, 0.3) is 0 Å². The summed E-state index contributed by atoms with van der Waals surface area (Å²) in [4.78, 5) is 22.1. The Balaban J connectivity index is 2.69. The Labute approximate surface area is 102 Å². The van der Waals surface area contributed by atoms with E-state index in [1.807, 2.05) is 5.32 Å². The topological polar surface area (TPSA) is 70.2 Å². The van der Waals surface area contributed by atoms with Crippen LogP contribution in [0, 0.1) is 0 Å². The molecule has 16 heavy (non-hydrogen) atoms. The minimum Gasteiger partial charge on any atom is -0.341 e. The Morgan fingerprint density at radius 3 is 2.50 bits per heavy atom. The summed E-state index contributed by atoms with van der Waals surface area (Å²) in [5, 5.41) is 7.41. The summed E-state index contributed by atoms with van der Waals surface area (Å²) in [6.45, 7) is 0. The van der Waals surface area contributed by atoms with Crippen molar-refractivity contribution in [2.24, 2.45) is 0 Å². The van der Waals surface area contributed by atoms with Crippen LogP contribution in [0.25, 0.3) is 0 Å². The van der Waals surface area contributed by atoms with Crippen molar-refractivity contribution in [1.82, 2.24) is 10.6 Å². The van der Waals surface area contributed by atoms with Gasteiger partial charge in [-0.3, -0.25) is 5.32 Å². The van der Waals surface area contributed by atoms with Crippen molar-refractivity contribution in [3.8, 4) is 0 Å². The zero-order chi connectivity index (χ0) is 12.1. The number of anilines is 1. The number of nitrogens with one attached hydrogen (secondary N) is 3. The molecule has 0 spiro atoms. The van der Waals surface area contributed by atoms with Crippen LogP contribution >= 0.6 is 23.2 Å². The Bertz CT molecular complexity index is 423. The number of hydrogen-bond acceptors (Lipinski definition) is 2. The monoisotopic (exact) mass is 261 g/mol. The molecule has 86 valence electrons. The van der Waals surface area contributed by atoms with Gasteiger partial charge in [0.05, 0.1) is 10.7 Å². The van der Waals surface area contributed by atoms with E-state index >= 15 is 0 Å². The predicted molar refractivity (Wildman–Crippen MR) is 63.1 cm³/mol. The first-order valence-corrected chi connectivity index (χ1v) is 5.03. The molecule has 1 rings (SSSR count). The molecule has 5 nitrogen and oxygen atoms in total. The van der Waals surface area contributed by atoms with Crippen molar-refractivity contribution in [3.63, 3.8) is 0 Å². The molecular weight excluding hydrogens is 253 g/mol. The van der Waals surface area contributed by atoms with Gasteiger partial charge in [0.15, 0.2) is 0 Å². The molecule has 0 fully saturated rings. The lowest BCUT2D eigenvalue weighted by Crippen LogP contribution is -2.40. The molecule has 4 amide bonds. The van der Waals surface area contributed by atoms with E-state index in [0.717, 1.165) is 0 Å². The van der Waals surface area contributed by atoms with Gasteiger partial charge >= 0.3 is 12.1 Å². The van der Waals surface area contributed by atoms with E-state index in [2.05, 4.69) is 10.6 Å². The molecule has 0 aliphatic rings. The number of halogens is 2. The van der Waals surface area contributed by atoms with E-state index in [-0.39, 0.29) is 0 Å². The molecule has 3 N–H and O–H groups in total. The maximum absolute atomic E-state index is 11.3. The average molecular weight is 262 g/mol. The van der Waals surface area contributed by atoms with E-state index in [1.54, 1.807) is 12.1 Å². The lowest BCUT2D eigenvalue weighted by Gasteiger charge is -2.07. The van der Waals surface area contributed by atoms with Gasteiger partial charge in [-0.25, -0.2) is 9.59 Å². The fourth-order valence-electron chi connectivity index (χ4n) is 0.912. The third-order valence-corrected chi connectivity index (χ3v) is 2.20. The molecule has 1 aromatic rings. The first-order chi connectivity index (χ1) is 7.52. The van der Waals surface area contributed by atoms with Crippen molar-refractivity contribution in [2.75, 3.05) is 12.4 Å². The summed E-state index contributed by atoms with van der Waals surface area (Å²) < 4.78 is 0. The zero-order valence-corrected chi connectivity index (χ0v) is 9.82. The van der Waals surface area contributed by atoms with Gasteiger partial charge in [-0.15, -0.1) is 0 Å². The summed E-state index contributed by atoms with van der Waals surface area (Å²) in [7, 11) is 1.40. The SMILES string of the molecule is CNC(=O)NC(=O)Nc1cc(Cl)ccc1Cl. The molecule has 0 unspecified atom stereocenters. The summed E-state index contributed by atoms with van der Waals surface area (Å²) in [6.07, 6.45) is 0. The van der Waals surface area contributed by atoms with E-state index in [4.69, 9.17) is 23.2 Å². The number of benzene rings is 1. The van der Waals surface area contributed by atoms with E-state index < -0.39 is 12.1 Å². The van der Waals surface area contributed by atoms with Crippen molar-refractivity contribution >= 4 is 41.0 Å². The second kappa shape index (κ2) is 5.58. The van der Waals surface area contributed by atoms with Gasteiger partial charge in [-0.05, 0) is 18.2 Å². The Morgan fingerprint density at radius 1 is 1.19 bits per heavy atom.